The van der Waals surface area contributed by atoms with E-state index in [1.807, 2.05) is 19.1 Å². The van der Waals surface area contributed by atoms with Gasteiger partial charge in [0.2, 0.25) is 0 Å². The van der Waals surface area contributed by atoms with Crippen molar-refractivity contribution in [2.45, 2.75) is 52.6 Å². The van der Waals surface area contributed by atoms with E-state index in [0.717, 1.165) is 18.4 Å². The maximum absolute atomic E-state index is 11.0. The monoisotopic (exact) mass is 266 g/mol. The summed E-state index contributed by atoms with van der Waals surface area (Å²) < 4.78 is 5.07. The summed E-state index contributed by atoms with van der Waals surface area (Å²) in [5.41, 5.74) is -0.0328. The molecule has 0 aliphatic heterocycles. The van der Waals surface area contributed by atoms with Gasteiger partial charge in [-0.3, -0.25) is 4.79 Å². The van der Waals surface area contributed by atoms with Gasteiger partial charge in [-0.05, 0) is 31.6 Å². The summed E-state index contributed by atoms with van der Waals surface area (Å²) >= 11 is 0. The third-order valence-corrected chi connectivity index (χ3v) is 3.95. The lowest BCUT2D eigenvalue weighted by molar-refractivity contribution is -0.160. The second kappa shape index (κ2) is 5.91. The molecular weight excluding hydrogens is 240 g/mol. The predicted octanol–water partition coefficient (Wildman–Crippen LogP) is 3.24. The molecule has 0 amide bonds. The molecule has 0 radical (unpaired) electrons. The van der Waals surface area contributed by atoms with Crippen LogP contribution in [0.1, 0.15) is 47.0 Å². The first kappa shape index (κ1) is 16.0. The normalized spacial score (nSPS) is 30.3. The van der Waals surface area contributed by atoms with E-state index in [4.69, 9.17) is 4.74 Å². The first-order valence-corrected chi connectivity index (χ1v) is 6.87. The Balaban J connectivity index is 2.96. The molecule has 0 saturated heterocycles. The highest BCUT2D eigenvalue weighted by atomic mass is 16.5. The van der Waals surface area contributed by atoms with Crippen molar-refractivity contribution >= 4 is 5.97 Å². The first-order chi connectivity index (χ1) is 8.67. The van der Waals surface area contributed by atoms with Gasteiger partial charge in [-0.1, -0.05) is 38.2 Å². The van der Waals surface area contributed by atoms with Crippen LogP contribution in [0.15, 0.2) is 24.3 Å². The topological polar surface area (TPSA) is 46.5 Å². The molecule has 1 aliphatic carbocycles. The SMILES string of the molecule is C=C(C)/C=C/C1C(C)(C)CCCC1(O)COC(C)=O. The molecule has 0 spiro atoms. The van der Waals surface area contributed by atoms with Crippen LogP contribution in [0, 0.1) is 11.3 Å². The van der Waals surface area contributed by atoms with E-state index >= 15 is 0 Å². The number of esters is 1. The quantitative estimate of drug-likeness (QED) is 0.627. The van der Waals surface area contributed by atoms with E-state index in [0.29, 0.717) is 6.42 Å². The van der Waals surface area contributed by atoms with Gasteiger partial charge in [-0.2, -0.15) is 0 Å². The molecule has 0 heterocycles. The number of hydrogen-bond donors (Lipinski definition) is 1. The fraction of sp³-hybridized carbons (Fsp3) is 0.688. The smallest absolute Gasteiger partial charge is 0.302 e. The number of carbonyl (C=O) groups excluding carboxylic acids is 1. The molecule has 3 nitrogen and oxygen atoms in total. The van der Waals surface area contributed by atoms with Gasteiger partial charge in [0.25, 0.3) is 0 Å². The van der Waals surface area contributed by atoms with Crippen LogP contribution < -0.4 is 0 Å². The van der Waals surface area contributed by atoms with E-state index in [2.05, 4.69) is 20.4 Å². The van der Waals surface area contributed by atoms with Crippen molar-refractivity contribution in [3.05, 3.63) is 24.3 Å². The van der Waals surface area contributed by atoms with Crippen molar-refractivity contribution in [1.82, 2.24) is 0 Å². The minimum atomic E-state index is -0.973. The fourth-order valence-corrected chi connectivity index (χ4v) is 2.98. The Bertz CT molecular complexity index is 381. The van der Waals surface area contributed by atoms with Crippen molar-refractivity contribution in [2.24, 2.45) is 11.3 Å². The molecule has 0 aromatic rings. The van der Waals surface area contributed by atoms with Crippen LogP contribution >= 0.6 is 0 Å². The van der Waals surface area contributed by atoms with Crippen LogP contribution in [-0.2, 0) is 9.53 Å². The molecule has 2 atom stereocenters. The Morgan fingerprint density at radius 3 is 2.58 bits per heavy atom. The molecule has 1 rings (SSSR count). The number of aliphatic hydroxyl groups is 1. The molecule has 0 bridgehead atoms. The second-order valence-corrected chi connectivity index (χ2v) is 6.41. The Kier molecular flexibility index (Phi) is 4.97. The van der Waals surface area contributed by atoms with Crippen LogP contribution in [-0.4, -0.2) is 23.3 Å². The summed E-state index contributed by atoms with van der Waals surface area (Å²) in [6, 6.07) is 0. The van der Waals surface area contributed by atoms with Crippen molar-refractivity contribution in [2.75, 3.05) is 6.61 Å². The number of rotatable bonds is 4. The number of ether oxygens (including phenoxy) is 1. The standard InChI is InChI=1S/C16H26O3/c1-12(2)7-8-14-15(4,5)9-6-10-16(14,18)11-19-13(3)17/h7-8,14,18H,1,6,9-11H2,2-5H3/b8-7+. The molecule has 0 aromatic carbocycles. The predicted molar refractivity (Wildman–Crippen MR) is 76.7 cm³/mol. The van der Waals surface area contributed by atoms with Crippen LogP contribution in [0.2, 0.25) is 0 Å². The summed E-state index contributed by atoms with van der Waals surface area (Å²) in [5.74, 6) is -0.385. The highest BCUT2D eigenvalue weighted by Crippen LogP contribution is 2.47. The Hall–Kier alpha value is -1.09. The van der Waals surface area contributed by atoms with E-state index in [1.54, 1.807) is 0 Å². The molecule has 108 valence electrons. The van der Waals surface area contributed by atoms with Gasteiger partial charge in [-0.15, -0.1) is 0 Å². The summed E-state index contributed by atoms with van der Waals surface area (Å²) in [7, 11) is 0. The minimum Gasteiger partial charge on any atom is -0.463 e. The van der Waals surface area contributed by atoms with Crippen molar-refractivity contribution in [3.63, 3.8) is 0 Å². The summed E-state index contributed by atoms with van der Waals surface area (Å²) in [6.45, 7) is 11.5. The molecule has 2 unspecified atom stereocenters. The maximum atomic E-state index is 11.0. The summed E-state index contributed by atoms with van der Waals surface area (Å²) in [4.78, 5) is 11.0. The lowest BCUT2D eigenvalue weighted by Gasteiger charge is -2.47. The molecule has 1 saturated carbocycles. The zero-order valence-electron chi connectivity index (χ0n) is 12.5. The highest BCUT2D eigenvalue weighted by Gasteiger charge is 2.47. The molecule has 1 aliphatic rings. The Morgan fingerprint density at radius 1 is 1.42 bits per heavy atom. The number of carbonyl (C=O) groups is 1. The van der Waals surface area contributed by atoms with Crippen LogP contribution in [0.3, 0.4) is 0 Å². The fourth-order valence-electron chi connectivity index (χ4n) is 2.98. The third kappa shape index (κ3) is 4.20. The number of hydrogen-bond acceptors (Lipinski definition) is 3. The summed E-state index contributed by atoms with van der Waals surface area (Å²) in [5, 5.41) is 10.9. The highest BCUT2D eigenvalue weighted by molar-refractivity contribution is 5.66. The van der Waals surface area contributed by atoms with E-state index in [-0.39, 0.29) is 23.9 Å². The van der Waals surface area contributed by atoms with Crippen LogP contribution in [0.25, 0.3) is 0 Å². The Labute approximate surface area is 116 Å². The third-order valence-electron chi connectivity index (χ3n) is 3.95. The average molecular weight is 266 g/mol. The van der Waals surface area contributed by atoms with Gasteiger partial charge < -0.3 is 9.84 Å². The van der Waals surface area contributed by atoms with Crippen LogP contribution in [0.4, 0.5) is 0 Å². The van der Waals surface area contributed by atoms with Gasteiger partial charge in [0.05, 0.1) is 0 Å². The molecule has 3 heteroatoms. The first-order valence-electron chi connectivity index (χ1n) is 6.87. The average Bonchev–Trinajstić information content (AvgIpc) is 2.24. The second-order valence-electron chi connectivity index (χ2n) is 6.41. The molecular formula is C16H26O3. The van der Waals surface area contributed by atoms with Crippen molar-refractivity contribution in [1.29, 1.82) is 0 Å². The lowest BCUT2D eigenvalue weighted by atomic mass is 9.61. The Morgan fingerprint density at radius 2 is 2.05 bits per heavy atom. The molecule has 0 aromatic heterocycles. The van der Waals surface area contributed by atoms with Gasteiger partial charge in [0.1, 0.15) is 12.2 Å². The molecule has 1 fully saturated rings. The molecule has 19 heavy (non-hydrogen) atoms. The van der Waals surface area contributed by atoms with Gasteiger partial charge in [-0.25, -0.2) is 0 Å². The number of allylic oxidation sites excluding steroid dienone is 2. The minimum absolute atomic E-state index is 0.0148. The largest absolute Gasteiger partial charge is 0.463 e. The van der Waals surface area contributed by atoms with Crippen molar-refractivity contribution < 1.29 is 14.6 Å². The maximum Gasteiger partial charge on any atom is 0.302 e. The van der Waals surface area contributed by atoms with Gasteiger partial charge in [0, 0.05) is 12.8 Å². The van der Waals surface area contributed by atoms with Gasteiger partial charge >= 0.3 is 5.97 Å². The van der Waals surface area contributed by atoms with E-state index < -0.39 is 5.60 Å². The van der Waals surface area contributed by atoms with E-state index in [9.17, 15) is 9.90 Å². The van der Waals surface area contributed by atoms with Gasteiger partial charge in [0.15, 0.2) is 0 Å². The van der Waals surface area contributed by atoms with Crippen LogP contribution in [0.5, 0.6) is 0 Å². The zero-order chi connectivity index (χ0) is 14.7. The van der Waals surface area contributed by atoms with Crippen molar-refractivity contribution in [3.8, 4) is 0 Å². The summed E-state index contributed by atoms with van der Waals surface area (Å²) in [6.07, 6.45) is 6.62. The zero-order valence-corrected chi connectivity index (χ0v) is 12.5. The van der Waals surface area contributed by atoms with E-state index in [1.165, 1.54) is 6.92 Å². The molecule has 1 N–H and O–H groups in total. The lowest BCUT2D eigenvalue weighted by Crippen LogP contribution is -2.51.